The Hall–Kier alpha value is -2.32. The minimum absolute atomic E-state index is 0.247. The summed E-state index contributed by atoms with van der Waals surface area (Å²) in [4.78, 5) is 16.8. The highest BCUT2D eigenvalue weighted by Gasteiger charge is 2.18. The van der Waals surface area contributed by atoms with Crippen molar-refractivity contribution in [3.8, 4) is 0 Å². The van der Waals surface area contributed by atoms with Gasteiger partial charge in [-0.2, -0.15) is 0 Å². The van der Waals surface area contributed by atoms with E-state index < -0.39 is 0 Å². The van der Waals surface area contributed by atoms with Crippen molar-refractivity contribution in [2.75, 3.05) is 10.6 Å². The molecule has 1 aliphatic carbocycles. The van der Waals surface area contributed by atoms with Gasteiger partial charge in [0.25, 0.3) is 5.91 Å². The number of thiazole rings is 1. The third-order valence-electron chi connectivity index (χ3n) is 4.31. The number of hydrogen-bond acceptors (Lipinski definition) is 7. The smallest absolute Gasteiger partial charge is 0.277 e. The molecule has 1 saturated carbocycles. The average molecular weight is 386 g/mol. The summed E-state index contributed by atoms with van der Waals surface area (Å²) in [5.74, 6) is -0.247. The fourth-order valence-corrected chi connectivity index (χ4v) is 4.53. The molecule has 2 heterocycles. The number of carbonyl (C=O) groups excluding carboxylic acids is 1. The van der Waals surface area contributed by atoms with Crippen molar-refractivity contribution >= 4 is 38.8 Å². The quantitative estimate of drug-likeness (QED) is 0.665. The summed E-state index contributed by atoms with van der Waals surface area (Å²) in [6, 6.07) is 10.6. The lowest BCUT2D eigenvalue weighted by Gasteiger charge is -2.09. The number of aromatic nitrogens is 3. The third-order valence-corrected chi connectivity index (χ3v) is 5.92. The van der Waals surface area contributed by atoms with Gasteiger partial charge in [-0.15, -0.1) is 21.5 Å². The summed E-state index contributed by atoms with van der Waals surface area (Å²) in [5, 5.41) is 18.4. The SMILES string of the molecule is O=C(Nc1nnc(Cc2ccccc2)s1)c1csc(NC2CCCC2)n1. The van der Waals surface area contributed by atoms with E-state index in [1.807, 2.05) is 30.3 Å². The first-order valence-electron chi connectivity index (χ1n) is 8.66. The van der Waals surface area contributed by atoms with Gasteiger partial charge in [-0.1, -0.05) is 54.5 Å². The zero-order valence-corrected chi connectivity index (χ0v) is 15.8. The number of nitrogens with zero attached hydrogens (tertiary/aromatic N) is 3. The zero-order chi connectivity index (χ0) is 17.8. The number of hydrogen-bond donors (Lipinski definition) is 2. The molecule has 0 radical (unpaired) electrons. The molecule has 0 unspecified atom stereocenters. The Kier molecular flexibility index (Phi) is 5.21. The van der Waals surface area contributed by atoms with Crippen LogP contribution in [0.5, 0.6) is 0 Å². The summed E-state index contributed by atoms with van der Waals surface area (Å²) >= 11 is 2.86. The van der Waals surface area contributed by atoms with Gasteiger partial charge in [0, 0.05) is 17.8 Å². The maximum Gasteiger partial charge on any atom is 0.277 e. The monoisotopic (exact) mass is 385 g/mol. The first-order chi connectivity index (χ1) is 12.8. The van der Waals surface area contributed by atoms with Crippen LogP contribution in [-0.4, -0.2) is 27.1 Å². The van der Waals surface area contributed by atoms with E-state index in [2.05, 4.69) is 25.8 Å². The van der Waals surface area contributed by atoms with Gasteiger partial charge < -0.3 is 5.32 Å². The number of anilines is 2. The maximum atomic E-state index is 12.4. The van der Waals surface area contributed by atoms with Crippen LogP contribution in [0.4, 0.5) is 10.3 Å². The number of rotatable bonds is 6. The fraction of sp³-hybridized carbons (Fsp3) is 0.333. The van der Waals surface area contributed by atoms with Crippen LogP contribution < -0.4 is 10.6 Å². The van der Waals surface area contributed by atoms with E-state index in [1.54, 1.807) is 5.38 Å². The van der Waals surface area contributed by atoms with Crippen molar-refractivity contribution in [2.45, 2.75) is 38.1 Å². The van der Waals surface area contributed by atoms with Crippen LogP contribution in [0.25, 0.3) is 0 Å². The summed E-state index contributed by atoms with van der Waals surface area (Å²) in [5.41, 5.74) is 1.58. The van der Waals surface area contributed by atoms with Crippen molar-refractivity contribution in [2.24, 2.45) is 0 Å². The number of amides is 1. The maximum absolute atomic E-state index is 12.4. The van der Waals surface area contributed by atoms with Crippen LogP contribution in [0.2, 0.25) is 0 Å². The summed E-state index contributed by atoms with van der Waals surface area (Å²) < 4.78 is 0. The van der Waals surface area contributed by atoms with E-state index in [9.17, 15) is 4.79 Å². The van der Waals surface area contributed by atoms with E-state index in [1.165, 1.54) is 53.9 Å². The van der Waals surface area contributed by atoms with Crippen LogP contribution in [-0.2, 0) is 6.42 Å². The van der Waals surface area contributed by atoms with Crippen LogP contribution >= 0.6 is 22.7 Å². The van der Waals surface area contributed by atoms with E-state index >= 15 is 0 Å². The average Bonchev–Trinajstić information content (AvgIpc) is 3.39. The van der Waals surface area contributed by atoms with Crippen LogP contribution in [0.3, 0.4) is 0 Å². The van der Waals surface area contributed by atoms with E-state index in [0.717, 1.165) is 10.1 Å². The molecule has 1 fully saturated rings. The molecular formula is C18H19N5OS2. The molecule has 6 nitrogen and oxygen atoms in total. The Morgan fingerprint density at radius 3 is 2.73 bits per heavy atom. The minimum Gasteiger partial charge on any atom is -0.359 e. The highest BCUT2D eigenvalue weighted by molar-refractivity contribution is 7.15. The Bertz CT molecular complexity index is 871. The number of benzene rings is 1. The van der Waals surface area contributed by atoms with E-state index in [4.69, 9.17) is 0 Å². The second-order valence-electron chi connectivity index (χ2n) is 6.28. The topological polar surface area (TPSA) is 79.8 Å². The Morgan fingerprint density at radius 1 is 1.12 bits per heavy atom. The predicted molar refractivity (Wildman–Crippen MR) is 105 cm³/mol. The van der Waals surface area contributed by atoms with Gasteiger partial charge in [-0.05, 0) is 18.4 Å². The lowest BCUT2D eigenvalue weighted by atomic mass is 10.2. The molecule has 0 spiro atoms. The number of nitrogens with one attached hydrogen (secondary N) is 2. The van der Waals surface area contributed by atoms with Crippen molar-refractivity contribution in [1.82, 2.24) is 15.2 Å². The van der Waals surface area contributed by atoms with Gasteiger partial charge in [0.1, 0.15) is 10.7 Å². The van der Waals surface area contributed by atoms with Crippen LogP contribution in [0.15, 0.2) is 35.7 Å². The molecule has 134 valence electrons. The molecule has 26 heavy (non-hydrogen) atoms. The molecule has 8 heteroatoms. The van der Waals surface area contributed by atoms with E-state index in [-0.39, 0.29) is 5.91 Å². The highest BCUT2D eigenvalue weighted by atomic mass is 32.1. The standard InChI is InChI=1S/C18H19N5OS2/c24-16(14-11-25-17(20-14)19-13-8-4-5-9-13)21-18-23-22-15(26-18)10-12-6-2-1-3-7-12/h1-3,6-7,11,13H,4-5,8-10H2,(H,19,20)(H,21,23,24). The Morgan fingerprint density at radius 2 is 1.92 bits per heavy atom. The van der Waals surface area contributed by atoms with Crippen LogP contribution in [0.1, 0.15) is 46.7 Å². The molecular weight excluding hydrogens is 366 g/mol. The van der Waals surface area contributed by atoms with Crippen molar-refractivity contribution in [3.05, 3.63) is 52.0 Å². The first kappa shape index (κ1) is 17.1. The fourth-order valence-electron chi connectivity index (χ4n) is 3.00. The lowest BCUT2D eigenvalue weighted by molar-refractivity contribution is 0.102. The summed E-state index contributed by atoms with van der Waals surface area (Å²) in [7, 11) is 0. The lowest BCUT2D eigenvalue weighted by Crippen LogP contribution is -2.15. The molecule has 1 aromatic carbocycles. The molecule has 0 atom stereocenters. The normalized spacial score (nSPS) is 14.5. The molecule has 0 bridgehead atoms. The van der Waals surface area contributed by atoms with Gasteiger partial charge >= 0.3 is 0 Å². The molecule has 3 aromatic rings. The van der Waals surface area contributed by atoms with Crippen molar-refractivity contribution in [3.63, 3.8) is 0 Å². The first-order valence-corrected chi connectivity index (χ1v) is 10.4. The minimum atomic E-state index is -0.247. The highest BCUT2D eigenvalue weighted by Crippen LogP contribution is 2.25. The summed E-state index contributed by atoms with van der Waals surface area (Å²) in [6.07, 6.45) is 5.59. The molecule has 2 aromatic heterocycles. The van der Waals surface area contributed by atoms with Crippen molar-refractivity contribution < 1.29 is 4.79 Å². The van der Waals surface area contributed by atoms with Crippen LogP contribution in [0, 0.1) is 0 Å². The summed E-state index contributed by atoms with van der Waals surface area (Å²) in [6.45, 7) is 0. The van der Waals surface area contributed by atoms with Gasteiger partial charge in [0.15, 0.2) is 5.13 Å². The van der Waals surface area contributed by atoms with Gasteiger partial charge in [0.05, 0.1) is 0 Å². The number of carbonyl (C=O) groups is 1. The van der Waals surface area contributed by atoms with Crippen molar-refractivity contribution in [1.29, 1.82) is 0 Å². The second-order valence-corrected chi connectivity index (χ2v) is 8.20. The molecule has 1 aliphatic rings. The molecule has 1 amide bonds. The Balaban J connectivity index is 1.35. The van der Waals surface area contributed by atoms with E-state index in [0.29, 0.717) is 23.3 Å². The Labute approximate surface area is 159 Å². The molecule has 2 N–H and O–H groups in total. The third kappa shape index (κ3) is 4.25. The van der Waals surface area contributed by atoms with Gasteiger partial charge in [-0.3, -0.25) is 10.1 Å². The predicted octanol–water partition coefficient (Wildman–Crippen LogP) is 4.19. The largest absolute Gasteiger partial charge is 0.359 e. The second kappa shape index (κ2) is 7.92. The molecule has 4 rings (SSSR count). The van der Waals surface area contributed by atoms with Gasteiger partial charge in [-0.25, -0.2) is 4.98 Å². The molecule has 0 aliphatic heterocycles. The van der Waals surface area contributed by atoms with Gasteiger partial charge in [0.2, 0.25) is 5.13 Å². The molecule has 0 saturated heterocycles. The zero-order valence-electron chi connectivity index (χ0n) is 14.1.